The first-order valence-electron chi connectivity index (χ1n) is 7.35. The number of nitrogens with two attached hydrogens (primary N) is 1. The second-order valence-corrected chi connectivity index (χ2v) is 7.31. The van der Waals surface area contributed by atoms with Crippen LogP contribution in [0.15, 0.2) is 50.4 Å². The summed E-state index contributed by atoms with van der Waals surface area (Å²) in [5, 5.41) is 16.8. The minimum absolute atomic E-state index is 0.0445. The van der Waals surface area contributed by atoms with E-state index in [0.717, 1.165) is 0 Å². The van der Waals surface area contributed by atoms with Crippen LogP contribution in [0.25, 0.3) is 0 Å². The minimum Gasteiger partial charge on any atom is -0.506 e. The van der Waals surface area contributed by atoms with E-state index in [1.165, 1.54) is 6.21 Å². The molecule has 1 unspecified atom stereocenters. The zero-order valence-electron chi connectivity index (χ0n) is 13.5. The summed E-state index contributed by atoms with van der Waals surface area (Å²) in [5.74, 6) is 3.72. The Bertz CT molecular complexity index is 854. The van der Waals surface area contributed by atoms with Gasteiger partial charge < -0.3 is 10.4 Å². The standard InChI is InChI=1S/C16H14Br2ClN5O3/c17-11-5-8(6-12(18)14(11)25)7-21-24-16(27)13(15(26)23-20)22-10-3-1-9(19)2-4-10/h1-7,13,22,25H,20H2,(H,23,26)(H,24,27)/b21-7+. The molecule has 8 nitrogen and oxygen atoms in total. The molecule has 142 valence electrons. The van der Waals surface area contributed by atoms with Crippen molar-refractivity contribution < 1.29 is 14.7 Å². The van der Waals surface area contributed by atoms with Gasteiger partial charge in [-0.25, -0.2) is 11.3 Å². The Balaban J connectivity index is 2.09. The number of benzene rings is 2. The number of phenolic OH excluding ortho intramolecular Hbond substituents is 1. The topological polar surface area (TPSA) is 129 Å². The predicted octanol–water partition coefficient (Wildman–Crippen LogP) is 2.49. The molecule has 0 saturated heterocycles. The Kier molecular flexibility index (Phi) is 7.60. The van der Waals surface area contributed by atoms with Gasteiger partial charge in [0.05, 0.1) is 15.2 Å². The normalized spacial score (nSPS) is 11.9. The van der Waals surface area contributed by atoms with Crippen molar-refractivity contribution in [2.45, 2.75) is 6.04 Å². The lowest BCUT2D eigenvalue weighted by molar-refractivity contribution is -0.130. The lowest BCUT2D eigenvalue weighted by Crippen LogP contribution is -2.50. The van der Waals surface area contributed by atoms with Crippen LogP contribution in [-0.4, -0.2) is 29.2 Å². The number of halogens is 3. The summed E-state index contributed by atoms with van der Waals surface area (Å²) in [6.07, 6.45) is 1.35. The Hall–Kier alpha value is -2.14. The Labute approximate surface area is 176 Å². The quantitative estimate of drug-likeness (QED) is 0.132. The van der Waals surface area contributed by atoms with Crippen LogP contribution in [0, 0.1) is 0 Å². The minimum atomic E-state index is -1.31. The largest absolute Gasteiger partial charge is 0.506 e. The molecule has 2 aromatic carbocycles. The number of aromatic hydroxyl groups is 1. The number of amides is 2. The number of hydrogen-bond acceptors (Lipinski definition) is 6. The molecular weight excluding hydrogens is 505 g/mol. The van der Waals surface area contributed by atoms with Crippen molar-refractivity contribution in [1.82, 2.24) is 10.9 Å². The van der Waals surface area contributed by atoms with Crippen LogP contribution in [-0.2, 0) is 9.59 Å². The van der Waals surface area contributed by atoms with Gasteiger partial charge in [0.15, 0.2) is 6.04 Å². The number of anilines is 1. The van der Waals surface area contributed by atoms with Crippen LogP contribution in [0.4, 0.5) is 5.69 Å². The van der Waals surface area contributed by atoms with E-state index in [4.69, 9.17) is 17.4 Å². The molecule has 0 fully saturated rings. The van der Waals surface area contributed by atoms with Gasteiger partial charge in [-0.15, -0.1) is 0 Å². The third-order valence-electron chi connectivity index (χ3n) is 3.25. The number of carbonyl (C=O) groups excluding carboxylic acids is 2. The molecule has 0 aliphatic carbocycles. The van der Waals surface area contributed by atoms with Crippen LogP contribution < -0.4 is 22.0 Å². The van der Waals surface area contributed by atoms with E-state index >= 15 is 0 Å². The average molecular weight is 520 g/mol. The maximum absolute atomic E-state index is 12.3. The van der Waals surface area contributed by atoms with Gasteiger partial charge >= 0.3 is 0 Å². The monoisotopic (exact) mass is 517 g/mol. The third kappa shape index (κ3) is 5.93. The second kappa shape index (κ2) is 9.70. The zero-order chi connectivity index (χ0) is 20.0. The number of carbonyl (C=O) groups is 2. The van der Waals surface area contributed by atoms with Gasteiger partial charge in [0.25, 0.3) is 11.8 Å². The van der Waals surface area contributed by atoms with Crippen molar-refractivity contribution in [3.05, 3.63) is 55.9 Å². The highest BCUT2D eigenvalue weighted by Gasteiger charge is 2.25. The molecule has 0 aliphatic heterocycles. The van der Waals surface area contributed by atoms with Crippen molar-refractivity contribution in [3.63, 3.8) is 0 Å². The van der Waals surface area contributed by atoms with Gasteiger partial charge in [-0.2, -0.15) is 5.10 Å². The van der Waals surface area contributed by atoms with Gasteiger partial charge in [-0.1, -0.05) is 11.6 Å². The third-order valence-corrected chi connectivity index (χ3v) is 4.71. The molecule has 2 amide bonds. The molecule has 11 heteroatoms. The first-order chi connectivity index (χ1) is 12.8. The highest BCUT2D eigenvalue weighted by atomic mass is 79.9. The van der Waals surface area contributed by atoms with Crippen molar-refractivity contribution in [3.8, 4) is 5.75 Å². The highest BCUT2D eigenvalue weighted by molar-refractivity contribution is 9.11. The Morgan fingerprint density at radius 1 is 1.15 bits per heavy atom. The molecular formula is C16H14Br2ClN5O3. The average Bonchev–Trinajstić information content (AvgIpc) is 2.64. The molecule has 1 atom stereocenters. The van der Waals surface area contributed by atoms with Crippen molar-refractivity contribution in [1.29, 1.82) is 0 Å². The lowest BCUT2D eigenvalue weighted by Gasteiger charge is -2.16. The molecule has 6 N–H and O–H groups in total. The lowest BCUT2D eigenvalue weighted by atomic mass is 10.2. The fraction of sp³-hybridized carbons (Fsp3) is 0.0625. The van der Waals surface area contributed by atoms with Gasteiger partial charge in [-0.05, 0) is 73.8 Å². The first-order valence-corrected chi connectivity index (χ1v) is 9.31. The van der Waals surface area contributed by atoms with E-state index in [1.54, 1.807) is 36.4 Å². The predicted molar refractivity (Wildman–Crippen MR) is 110 cm³/mol. The van der Waals surface area contributed by atoms with Crippen LogP contribution in [0.2, 0.25) is 5.02 Å². The van der Waals surface area contributed by atoms with E-state index in [0.29, 0.717) is 25.2 Å². The maximum Gasteiger partial charge on any atom is 0.272 e. The molecule has 2 rings (SSSR count). The highest BCUT2D eigenvalue weighted by Crippen LogP contribution is 2.32. The molecule has 0 bridgehead atoms. The summed E-state index contributed by atoms with van der Waals surface area (Å²) in [4.78, 5) is 24.2. The smallest absolute Gasteiger partial charge is 0.272 e. The SMILES string of the molecule is NNC(=O)C(Nc1ccc(Cl)cc1)C(=O)N/N=C/c1cc(Br)c(O)c(Br)c1. The van der Waals surface area contributed by atoms with Crippen LogP contribution >= 0.6 is 43.5 Å². The van der Waals surface area contributed by atoms with Crippen LogP contribution in [0.1, 0.15) is 5.56 Å². The van der Waals surface area contributed by atoms with Gasteiger partial charge in [0.2, 0.25) is 0 Å². The number of hydrazone groups is 1. The summed E-state index contributed by atoms with van der Waals surface area (Å²) >= 11 is 12.2. The molecule has 0 aliphatic rings. The molecule has 0 aromatic heterocycles. The first kappa shape index (κ1) is 21.2. The molecule has 0 radical (unpaired) electrons. The summed E-state index contributed by atoms with van der Waals surface area (Å²) in [6, 6.07) is 8.34. The molecule has 0 spiro atoms. The number of hydrogen-bond donors (Lipinski definition) is 5. The van der Waals surface area contributed by atoms with Gasteiger partial charge in [0.1, 0.15) is 5.75 Å². The maximum atomic E-state index is 12.3. The van der Waals surface area contributed by atoms with Crippen molar-refractivity contribution in [2.24, 2.45) is 10.9 Å². The number of nitrogens with zero attached hydrogens (tertiary/aromatic N) is 1. The number of rotatable bonds is 6. The summed E-state index contributed by atoms with van der Waals surface area (Å²) in [7, 11) is 0. The molecule has 27 heavy (non-hydrogen) atoms. The molecule has 0 saturated carbocycles. The Morgan fingerprint density at radius 2 is 1.74 bits per heavy atom. The van der Waals surface area contributed by atoms with Gasteiger partial charge in [0, 0.05) is 10.7 Å². The number of phenols is 1. The molecule has 0 heterocycles. The van der Waals surface area contributed by atoms with Crippen LogP contribution in [0.3, 0.4) is 0 Å². The van der Waals surface area contributed by atoms with Gasteiger partial charge in [-0.3, -0.25) is 15.0 Å². The summed E-state index contributed by atoms with van der Waals surface area (Å²) in [6.45, 7) is 0. The summed E-state index contributed by atoms with van der Waals surface area (Å²) < 4.78 is 0.906. The van der Waals surface area contributed by atoms with E-state index in [-0.39, 0.29) is 5.75 Å². The fourth-order valence-corrected chi connectivity index (χ4v) is 3.29. The number of nitrogens with one attached hydrogen (secondary N) is 3. The van der Waals surface area contributed by atoms with Crippen LogP contribution in [0.5, 0.6) is 5.75 Å². The molecule has 2 aromatic rings. The summed E-state index contributed by atoms with van der Waals surface area (Å²) in [5.41, 5.74) is 5.28. The number of hydrazine groups is 1. The Morgan fingerprint density at radius 3 is 2.30 bits per heavy atom. The van der Waals surface area contributed by atoms with E-state index in [2.05, 4.69) is 47.7 Å². The van der Waals surface area contributed by atoms with Crippen molar-refractivity contribution in [2.75, 3.05) is 5.32 Å². The van der Waals surface area contributed by atoms with E-state index in [1.807, 2.05) is 5.43 Å². The second-order valence-electron chi connectivity index (χ2n) is 5.16. The zero-order valence-corrected chi connectivity index (χ0v) is 17.5. The van der Waals surface area contributed by atoms with Crippen molar-refractivity contribution >= 4 is 67.2 Å². The fourth-order valence-electron chi connectivity index (χ4n) is 1.94. The van der Waals surface area contributed by atoms with E-state index < -0.39 is 17.9 Å². The van der Waals surface area contributed by atoms with E-state index in [9.17, 15) is 14.7 Å².